The first-order valence-corrected chi connectivity index (χ1v) is 10.3. The lowest BCUT2D eigenvalue weighted by Gasteiger charge is -2.27. The van der Waals surface area contributed by atoms with Gasteiger partial charge in [-0.25, -0.2) is 22.8 Å². The topological polar surface area (TPSA) is 88.9 Å². The van der Waals surface area contributed by atoms with Gasteiger partial charge in [0.2, 0.25) is 10.0 Å². The molecule has 0 amide bonds. The normalized spacial score (nSPS) is 16.8. The van der Waals surface area contributed by atoms with Gasteiger partial charge in [0.1, 0.15) is 12.7 Å². The van der Waals surface area contributed by atoms with Crippen LogP contribution in [0.3, 0.4) is 0 Å². The van der Waals surface area contributed by atoms with E-state index in [9.17, 15) is 8.42 Å². The molecule has 1 unspecified atom stereocenters. The molecule has 8 heteroatoms. The van der Waals surface area contributed by atoms with Gasteiger partial charge in [-0.1, -0.05) is 42.5 Å². The first kappa shape index (κ1) is 17.8. The van der Waals surface area contributed by atoms with Crippen LogP contribution in [-0.2, 0) is 23.0 Å². The Bertz CT molecular complexity index is 1020. The lowest BCUT2D eigenvalue weighted by molar-refractivity contribution is 0.491. The van der Waals surface area contributed by atoms with Crippen molar-refractivity contribution in [2.24, 2.45) is 0 Å². The highest BCUT2D eigenvalue weighted by Gasteiger charge is 2.23. The number of rotatable bonds is 6. The van der Waals surface area contributed by atoms with E-state index in [0.29, 0.717) is 18.7 Å². The smallest absolute Gasteiger partial charge is 0.240 e. The van der Waals surface area contributed by atoms with Gasteiger partial charge in [-0.05, 0) is 35.7 Å². The van der Waals surface area contributed by atoms with Gasteiger partial charge in [0.05, 0.1) is 11.4 Å². The Labute approximate surface area is 158 Å². The molecule has 0 spiro atoms. The highest BCUT2D eigenvalue weighted by atomic mass is 32.2. The zero-order chi connectivity index (χ0) is 18.7. The fraction of sp³-hybridized carbons (Fsp3) is 0.263. The highest BCUT2D eigenvalue weighted by molar-refractivity contribution is 7.89. The van der Waals surface area contributed by atoms with Crippen LogP contribution in [0.2, 0.25) is 0 Å². The van der Waals surface area contributed by atoms with Crippen LogP contribution in [-0.4, -0.2) is 36.3 Å². The number of sulfonamides is 1. The van der Waals surface area contributed by atoms with Crippen molar-refractivity contribution < 1.29 is 8.42 Å². The SMILES string of the molecule is O=S(=O)(NCC1NCCc2ccccc21)c1ccccc1Cn1cncn1. The van der Waals surface area contributed by atoms with Gasteiger partial charge < -0.3 is 5.32 Å². The summed E-state index contributed by atoms with van der Waals surface area (Å²) in [6.07, 6.45) is 3.96. The number of nitrogens with zero attached hydrogens (tertiary/aromatic N) is 3. The Hall–Kier alpha value is -2.55. The summed E-state index contributed by atoms with van der Waals surface area (Å²) in [5.74, 6) is 0. The third-order valence-electron chi connectivity index (χ3n) is 4.75. The van der Waals surface area contributed by atoms with Crippen molar-refractivity contribution in [3.05, 3.63) is 77.9 Å². The predicted molar refractivity (Wildman–Crippen MR) is 102 cm³/mol. The van der Waals surface area contributed by atoms with Crippen LogP contribution < -0.4 is 10.0 Å². The molecule has 3 aromatic rings. The predicted octanol–water partition coefficient (Wildman–Crippen LogP) is 1.49. The number of nitrogens with one attached hydrogen (secondary N) is 2. The third kappa shape index (κ3) is 3.92. The minimum Gasteiger partial charge on any atom is -0.308 e. The maximum absolute atomic E-state index is 13.0. The molecule has 0 saturated carbocycles. The van der Waals surface area contributed by atoms with Crippen LogP contribution in [0.5, 0.6) is 0 Å². The van der Waals surface area contributed by atoms with Crippen molar-refractivity contribution in [1.82, 2.24) is 24.8 Å². The summed E-state index contributed by atoms with van der Waals surface area (Å²) >= 11 is 0. The fourth-order valence-corrected chi connectivity index (χ4v) is 4.71. The largest absolute Gasteiger partial charge is 0.308 e. The van der Waals surface area contributed by atoms with Gasteiger partial charge in [0, 0.05) is 12.6 Å². The molecule has 1 aromatic heterocycles. The molecule has 2 aromatic carbocycles. The number of fused-ring (bicyclic) bond motifs is 1. The van der Waals surface area contributed by atoms with Gasteiger partial charge in [-0.3, -0.25) is 0 Å². The lowest BCUT2D eigenvalue weighted by atomic mass is 9.95. The highest BCUT2D eigenvalue weighted by Crippen LogP contribution is 2.23. The summed E-state index contributed by atoms with van der Waals surface area (Å²) in [5, 5.41) is 7.46. The van der Waals surface area contributed by atoms with Crippen molar-refractivity contribution in [2.45, 2.75) is 23.9 Å². The van der Waals surface area contributed by atoms with Crippen molar-refractivity contribution in [2.75, 3.05) is 13.1 Å². The number of hydrogen-bond donors (Lipinski definition) is 2. The fourth-order valence-electron chi connectivity index (χ4n) is 3.43. The molecule has 0 fully saturated rings. The van der Waals surface area contributed by atoms with Gasteiger partial charge in [-0.15, -0.1) is 0 Å². The van der Waals surface area contributed by atoms with Crippen molar-refractivity contribution in [1.29, 1.82) is 0 Å². The third-order valence-corrected chi connectivity index (χ3v) is 6.28. The number of benzene rings is 2. The molecule has 140 valence electrons. The van der Waals surface area contributed by atoms with Gasteiger partial charge in [-0.2, -0.15) is 5.10 Å². The molecule has 1 aliphatic rings. The van der Waals surface area contributed by atoms with Crippen molar-refractivity contribution in [3.8, 4) is 0 Å². The Morgan fingerprint density at radius 3 is 2.81 bits per heavy atom. The van der Waals surface area contributed by atoms with Crippen LogP contribution >= 0.6 is 0 Å². The van der Waals surface area contributed by atoms with E-state index in [1.54, 1.807) is 29.2 Å². The number of hydrogen-bond acceptors (Lipinski definition) is 5. The average Bonchev–Trinajstić information content (AvgIpc) is 3.20. The summed E-state index contributed by atoms with van der Waals surface area (Å²) < 4.78 is 30.3. The standard InChI is InChI=1S/C19H21N5O2S/c25-27(26,19-8-4-2-6-16(19)12-24-14-20-13-22-24)23-11-18-17-7-3-1-5-15(17)9-10-21-18/h1-8,13-14,18,21,23H,9-12H2. The molecule has 2 heterocycles. The molecular weight excluding hydrogens is 362 g/mol. The zero-order valence-electron chi connectivity index (χ0n) is 14.7. The minimum absolute atomic E-state index is 0.0350. The molecule has 7 nitrogen and oxygen atoms in total. The zero-order valence-corrected chi connectivity index (χ0v) is 15.6. The number of aromatic nitrogens is 3. The molecule has 27 heavy (non-hydrogen) atoms. The second-order valence-electron chi connectivity index (χ2n) is 6.51. The van der Waals surface area contributed by atoms with E-state index in [1.807, 2.05) is 18.2 Å². The average molecular weight is 383 g/mol. The first-order chi connectivity index (χ1) is 13.1. The van der Waals surface area contributed by atoms with E-state index in [4.69, 9.17) is 0 Å². The van der Waals surface area contributed by atoms with E-state index in [2.05, 4.69) is 32.3 Å². The Balaban J connectivity index is 1.53. The van der Waals surface area contributed by atoms with E-state index < -0.39 is 10.0 Å². The Kier molecular flexibility index (Phi) is 5.02. The van der Waals surface area contributed by atoms with Crippen LogP contribution in [0, 0.1) is 0 Å². The molecule has 4 rings (SSSR count). The molecule has 0 radical (unpaired) electrons. The lowest BCUT2D eigenvalue weighted by Crippen LogP contribution is -2.39. The van der Waals surface area contributed by atoms with Crippen molar-refractivity contribution in [3.63, 3.8) is 0 Å². The van der Waals surface area contributed by atoms with Crippen LogP contribution in [0.4, 0.5) is 0 Å². The van der Waals surface area contributed by atoms with Gasteiger partial charge in [0.15, 0.2) is 0 Å². The summed E-state index contributed by atoms with van der Waals surface area (Å²) in [6, 6.07) is 15.1. The summed E-state index contributed by atoms with van der Waals surface area (Å²) in [5.41, 5.74) is 3.10. The minimum atomic E-state index is -3.65. The first-order valence-electron chi connectivity index (χ1n) is 8.85. The van der Waals surface area contributed by atoms with Crippen LogP contribution in [0.1, 0.15) is 22.7 Å². The molecule has 0 saturated heterocycles. The van der Waals surface area contributed by atoms with E-state index >= 15 is 0 Å². The molecular formula is C19H21N5O2S. The maximum Gasteiger partial charge on any atom is 0.240 e. The second-order valence-corrected chi connectivity index (χ2v) is 8.24. The van der Waals surface area contributed by atoms with E-state index in [-0.39, 0.29) is 10.9 Å². The molecule has 1 atom stereocenters. The van der Waals surface area contributed by atoms with Crippen LogP contribution in [0.25, 0.3) is 0 Å². The van der Waals surface area contributed by atoms with Crippen molar-refractivity contribution >= 4 is 10.0 Å². The molecule has 2 N–H and O–H groups in total. The molecule has 0 aliphatic carbocycles. The molecule has 1 aliphatic heterocycles. The Morgan fingerprint density at radius 1 is 1.15 bits per heavy atom. The Morgan fingerprint density at radius 2 is 1.96 bits per heavy atom. The molecule has 0 bridgehead atoms. The summed E-state index contributed by atoms with van der Waals surface area (Å²) in [7, 11) is -3.65. The van der Waals surface area contributed by atoms with Crippen LogP contribution in [0.15, 0.2) is 66.1 Å². The summed E-state index contributed by atoms with van der Waals surface area (Å²) in [6.45, 7) is 1.49. The quantitative estimate of drug-likeness (QED) is 0.673. The summed E-state index contributed by atoms with van der Waals surface area (Å²) in [4.78, 5) is 4.18. The monoisotopic (exact) mass is 383 g/mol. The van der Waals surface area contributed by atoms with Gasteiger partial charge in [0.25, 0.3) is 0 Å². The second kappa shape index (κ2) is 7.59. The van der Waals surface area contributed by atoms with E-state index in [1.165, 1.54) is 11.9 Å². The van der Waals surface area contributed by atoms with Gasteiger partial charge >= 0.3 is 0 Å². The maximum atomic E-state index is 13.0. The van der Waals surface area contributed by atoms with E-state index in [0.717, 1.165) is 18.5 Å².